The quantitative estimate of drug-likeness (QED) is 0.653. The second kappa shape index (κ2) is 5.06. The lowest BCUT2D eigenvalue weighted by Gasteiger charge is -2.06. The smallest absolute Gasteiger partial charge is 0.198 e. The summed E-state index contributed by atoms with van der Waals surface area (Å²) in [5.41, 5.74) is 0.657. The molecule has 4 heteroatoms. The molecule has 2 aromatic rings. The van der Waals surface area contributed by atoms with Crippen molar-refractivity contribution in [1.82, 2.24) is 0 Å². The van der Waals surface area contributed by atoms with E-state index in [1.54, 1.807) is 24.3 Å². The highest BCUT2D eigenvalue weighted by atomic mass is 127. The molecule has 0 atom stereocenters. The molecule has 0 radical (unpaired) electrons. The number of phenols is 1. The van der Waals surface area contributed by atoms with Gasteiger partial charge in [0.15, 0.2) is 5.78 Å². The van der Waals surface area contributed by atoms with E-state index in [0.29, 0.717) is 5.56 Å². The molecule has 86 valence electrons. The van der Waals surface area contributed by atoms with Crippen LogP contribution in [0.1, 0.15) is 15.9 Å². The maximum Gasteiger partial charge on any atom is 0.198 e. The lowest BCUT2D eigenvalue weighted by Crippen LogP contribution is -2.02. The molecule has 0 saturated carbocycles. The summed E-state index contributed by atoms with van der Waals surface area (Å²) in [4.78, 5) is 12.2. The predicted molar refractivity (Wildman–Crippen MR) is 75.7 cm³/mol. The first kappa shape index (κ1) is 12.4. The van der Waals surface area contributed by atoms with Crippen LogP contribution in [0.4, 0.5) is 0 Å². The van der Waals surface area contributed by atoms with Crippen LogP contribution in [0.2, 0.25) is 5.02 Å². The number of benzene rings is 2. The number of carbonyl (C=O) groups excluding carboxylic acids is 1. The molecule has 0 amide bonds. The Balaban J connectivity index is 2.47. The van der Waals surface area contributed by atoms with E-state index in [1.807, 2.05) is 12.1 Å². The Morgan fingerprint density at radius 1 is 1.12 bits per heavy atom. The van der Waals surface area contributed by atoms with Crippen LogP contribution in [-0.2, 0) is 0 Å². The SMILES string of the molecule is O=C(c1ccc(I)cc1)c1c(O)cccc1Cl. The zero-order valence-corrected chi connectivity index (χ0v) is 11.6. The van der Waals surface area contributed by atoms with Crippen LogP contribution in [0.15, 0.2) is 42.5 Å². The van der Waals surface area contributed by atoms with E-state index in [4.69, 9.17) is 11.6 Å². The summed E-state index contributed by atoms with van der Waals surface area (Å²) in [6.45, 7) is 0. The number of ketones is 1. The first-order valence-corrected chi connectivity index (χ1v) is 6.33. The van der Waals surface area contributed by atoms with Crippen LogP contribution >= 0.6 is 34.2 Å². The third-order valence-corrected chi connectivity index (χ3v) is 3.36. The van der Waals surface area contributed by atoms with Crippen molar-refractivity contribution in [3.8, 4) is 5.75 Å². The molecule has 0 fully saturated rings. The average Bonchev–Trinajstić information content (AvgIpc) is 2.29. The zero-order valence-electron chi connectivity index (χ0n) is 8.65. The molecule has 2 nitrogen and oxygen atoms in total. The highest BCUT2D eigenvalue weighted by Gasteiger charge is 2.16. The second-order valence-corrected chi connectivity index (χ2v) is 5.12. The number of phenolic OH excluding ortho intramolecular Hbond substituents is 1. The second-order valence-electron chi connectivity index (χ2n) is 3.47. The van der Waals surface area contributed by atoms with Gasteiger partial charge in [-0.2, -0.15) is 0 Å². The van der Waals surface area contributed by atoms with E-state index in [9.17, 15) is 9.90 Å². The Labute approximate surface area is 117 Å². The summed E-state index contributed by atoms with van der Waals surface area (Å²) in [7, 11) is 0. The van der Waals surface area contributed by atoms with Crippen molar-refractivity contribution in [3.05, 3.63) is 62.2 Å². The molecule has 2 rings (SSSR count). The number of aromatic hydroxyl groups is 1. The van der Waals surface area contributed by atoms with Crippen LogP contribution in [-0.4, -0.2) is 10.9 Å². The maximum atomic E-state index is 12.2. The summed E-state index contributed by atoms with van der Waals surface area (Å²) in [5, 5.41) is 9.93. The molecule has 1 N–H and O–H groups in total. The average molecular weight is 359 g/mol. The van der Waals surface area contributed by atoms with Crippen molar-refractivity contribution in [2.75, 3.05) is 0 Å². The Bertz CT molecular complexity index is 544. The van der Waals surface area contributed by atoms with Gasteiger partial charge in [0.25, 0.3) is 0 Å². The summed E-state index contributed by atoms with van der Waals surface area (Å²) >= 11 is 8.08. The molecule has 0 aliphatic rings. The largest absolute Gasteiger partial charge is 0.507 e. The molecule has 0 aliphatic heterocycles. The number of hydrogen-bond donors (Lipinski definition) is 1. The van der Waals surface area contributed by atoms with Crippen molar-refractivity contribution in [2.45, 2.75) is 0 Å². The molecule has 0 heterocycles. The van der Waals surface area contributed by atoms with Gasteiger partial charge in [-0.3, -0.25) is 4.79 Å². The van der Waals surface area contributed by atoms with Gasteiger partial charge in [0.2, 0.25) is 0 Å². The molecule has 0 bridgehead atoms. The Morgan fingerprint density at radius 3 is 2.35 bits per heavy atom. The van der Waals surface area contributed by atoms with E-state index in [-0.39, 0.29) is 22.1 Å². The lowest BCUT2D eigenvalue weighted by molar-refractivity contribution is 0.103. The van der Waals surface area contributed by atoms with Crippen LogP contribution in [0.25, 0.3) is 0 Å². The fraction of sp³-hybridized carbons (Fsp3) is 0. The van der Waals surface area contributed by atoms with Crippen LogP contribution in [0, 0.1) is 3.57 Å². The van der Waals surface area contributed by atoms with Gasteiger partial charge in [-0.1, -0.05) is 17.7 Å². The number of halogens is 2. The molecule has 0 spiro atoms. The molecule has 0 unspecified atom stereocenters. The summed E-state index contributed by atoms with van der Waals surface area (Å²) in [6, 6.07) is 11.7. The molecular weight excluding hydrogens is 350 g/mol. The minimum Gasteiger partial charge on any atom is -0.507 e. The first-order valence-electron chi connectivity index (χ1n) is 4.87. The minimum atomic E-state index is -0.274. The van der Waals surface area contributed by atoms with Gasteiger partial charge < -0.3 is 5.11 Å². The summed E-state index contributed by atoms with van der Waals surface area (Å²) in [5.74, 6) is -0.370. The third-order valence-electron chi connectivity index (χ3n) is 2.33. The van der Waals surface area contributed by atoms with Crippen molar-refractivity contribution in [1.29, 1.82) is 0 Å². The van der Waals surface area contributed by atoms with Gasteiger partial charge in [0.1, 0.15) is 5.75 Å². The van der Waals surface area contributed by atoms with E-state index in [0.717, 1.165) is 3.57 Å². The van der Waals surface area contributed by atoms with Gasteiger partial charge in [-0.25, -0.2) is 0 Å². The van der Waals surface area contributed by atoms with E-state index >= 15 is 0 Å². The number of hydrogen-bond acceptors (Lipinski definition) is 2. The van der Waals surface area contributed by atoms with Gasteiger partial charge in [0.05, 0.1) is 10.6 Å². The molecule has 17 heavy (non-hydrogen) atoms. The molecule has 0 aromatic heterocycles. The Hall–Kier alpha value is -1.07. The maximum absolute atomic E-state index is 12.2. The topological polar surface area (TPSA) is 37.3 Å². The van der Waals surface area contributed by atoms with Crippen LogP contribution < -0.4 is 0 Å². The Kier molecular flexibility index (Phi) is 3.69. The summed E-state index contributed by atoms with van der Waals surface area (Å²) in [6.07, 6.45) is 0. The third kappa shape index (κ3) is 2.61. The lowest BCUT2D eigenvalue weighted by atomic mass is 10.0. The van der Waals surface area contributed by atoms with Crippen molar-refractivity contribution in [3.63, 3.8) is 0 Å². The fourth-order valence-electron chi connectivity index (χ4n) is 1.48. The standard InChI is InChI=1S/C13H8ClIO2/c14-10-2-1-3-11(16)12(10)13(17)8-4-6-9(15)7-5-8/h1-7,16H. The van der Waals surface area contributed by atoms with Gasteiger partial charge >= 0.3 is 0 Å². The number of rotatable bonds is 2. The van der Waals surface area contributed by atoms with E-state index < -0.39 is 0 Å². The summed E-state index contributed by atoms with van der Waals surface area (Å²) < 4.78 is 1.04. The molecule has 0 aliphatic carbocycles. The van der Waals surface area contributed by atoms with E-state index in [2.05, 4.69) is 22.6 Å². The van der Waals surface area contributed by atoms with Gasteiger partial charge in [-0.05, 0) is 59.0 Å². The van der Waals surface area contributed by atoms with Gasteiger partial charge in [0, 0.05) is 9.13 Å². The highest BCUT2D eigenvalue weighted by Crippen LogP contribution is 2.27. The fourth-order valence-corrected chi connectivity index (χ4v) is 2.10. The molecular formula is C13H8ClIO2. The normalized spacial score (nSPS) is 10.2. The van der Waals surface area contributed by atoms with Crippen molar-refractivity contribution in [2.24, 2.45) is 0 Å². The molecule has 2 aromatic carbocycles. The predicted octanol–water partition coefficient (Wildman–Crippen LogP) is 3.88. The number of carbonyl (C=O) groups is 1. The van der Waals surface area contributed by atoms with Gasteiger partial charge in [-0.15, -0.1) is 0 Å². The van der Waals surface area contributed by atoms with Crippen LogP contribution in [0.5, 0.6) is 5.75 Å². The van der Waals surface area contributed by atoms with Crippen LogP contribution in [0.3, 0.4) is 0 Å². The molecule has 0 saturated heterocycles. The minimum absolute atomic E-state index is 0.0962. The first-order chi connectivity index (χ1) is 8.09. The Morgan fingerprint density at radius 2 is 1.76 bits per heavy atom. The van der Waals surface area contributed by atoms with Crippen molar-refractivity contribution < 1.29 is 9.90 Å². The monoisotopic (exact) mass is 358 g/mol. The van der Waals surface area contributed by atoms with E-state index in [1.165, 1.54) is 6.07 Å². The highest BCUT2D eigenvalue weighted by molar-refractivity contribution is 14.1. The zero-order chi connectivity index (χ0) is 12.4. The van der Waals surface area contributed by atoms with Crippen molar-refractivity contribution >= 4 is 40.0 Å².